The molecule has 0 aliphatic carbocycles. The molecule has 0 spiro atoms. The number of carbonyl (C=O) groups is 3. The van der Waals surface area contributed by atoms with Crippen LogP contribution in [0.25, 0.3) is 0 Å². The molecule has 1 aliphatic rings. The van der Waals surface area contributed by atoms with Gasteiger partial charge in [0, 0.05) is 13.0 Å². The number of nitrogens with one attached hydrogen (secondary N) is 2. The van der Waals surface area contributed by atoms with Crippen molar-refractivity contribution >= 4 is 23.4 Å². The highest BCUT2D eigenvalue weighted by Gasteiger charge is 2.36. The standard InChI is InChI=1S/C20H23N3O5/c1-4-27-17-8-6-5-7-16(17)23-11-14(10-18(23)24)19(25)21-22-20(26)15-9-12(2)28-13(15)3/h5-9,14H,4,10-11H2,1-3H3,(H,21,25)(H,22,26)/t14-/m0/s1. The first-order valence-electron chi connectivity index (χ1n) is 9.10. The first-order chi connectivity index (χ1) is 13.4. The zero-order chi connectivity index (χ0) is 20.3. The summed E-state index contributed by atoms with van der Waals surface area (Å²) in [5.74, 6) is 0.0487. The molecule has 0 radical (unpaired) electrons. The van der Waals surface area contributed by atoms with Crippen molar-refractivity contribution in [2.45, 2.75) is 27.2 Å². The molecule has 8 nitrogen and oxygen atoms in total. The van der Waals surface area contributed by atoms with E-state index in [1.807, 2.05) is 19.1 Å². The van der Waals surface area contributed by atoms with Crippen molar-refractivity contribution in [3.8, 4) is 5.75 Å². The van der Waals surface area contributed by atoms with Gasteiger partial charge in [0.15, 0.2) is 0 Å². The highest BCUT2D eigenvalue weighted by molar-refractivity contribution is 6.02. The molecule has 0 unspecified atom stereocenters. The van der Waals surface area contributed by atoms with E-state index in [4.69, 9.17) is 9.15 Å². The number of benzene rings is 1. The van der Waals surface area contributed by atoms with Crippen LogP contribution in [0, 0.1) is 19.8 Å². The number of para-hydroxylation sites is 2. The number of hydrogen-bond donors (Lipinski definition) is 2. The Morgan fingerprint density at radius 3 is 2.68 bits per heavy atom. The number of hydrogen-bond acceptors (Lipinski definition) is 5. The summed E-state index contributed by atoms with van der Waals surface area (Å²) < 4.78 is 10.9. The second-order valence-corrected chi connectivity index (χ2v) is 6.58. The number of hydrazine groups is 1. The average Bonchev–Trinajstić information content (AvgIpc) is 3.22. The average molecular weight is 385 g/mol. The molecule has 3 amide bonds. The number of anilines is 1. The summed E-state index contributed by atoms with van der Waals surface area (Å²) >= 11 is 0. The smallest absolute Gasteiger partial charge is 0.273 e. The number of furan rings is 1. The second kappa shape index (κ2) is 8.16. The summed E-state index contributed by atoms with van der Waals surface area (Å²) in [6, 6.07) is 8.81. The van der Waals surface area contributed by atoms with Crippen LogP contribution >= 0.6 is 0 Å². The van der Waals surface area contributed by atoms with Crippen molar-refractivity contribution in [2.75, 3.05) is 18.1 Å². The van der Waals surface area contributed by atoms with Gasteiger partial charge in [0.25, 0.3) is 5.91 Å². The number of amides is 3. The van der Waals surface area contributed by atoms with E-state index in [0.717, 1.165) is 0 Å². The van der Waals surface area contributed by atoms with Gasteiger partial charge in [0.2, 0.25) is 11.8 Å². The van der Waals surface area contributed by atoms with Crippen LogP contribution in [0.4, 0.5) is 5.69 Å². The van der Waals surface area contributed by atoms with Gasteiger partial charge in [-0.2, -0.15) is 0 Å². The molecule has 1 saturated heterocycles. The zero-order valence-electron chi connectivity index (χ0n) is 16.1. The summed E-state index contributed by atoms with van der Waals surface area (Å²) in [4.78, 5) is 38.6. The van der Waals surface area contributed by atoms with Crippen molar-refractivity contribution in [3.05, 3.63) is 47.4 Å². The molecule has 2 heterocycles. The minimum atomic E-state index is -0.574. The highest BCUT2D eigenvalue weighted by Crippen LogP contribution is 2.33. The van der Waals surface area contributed by atoms with Gasteiger partial charge in [-0.05, 0) is 39.0 Å². The van der Waals surface area contributed by atoms with Crippen LogP contribution in [0.5, 0.6) is 5.75 Å². The molecule has 0 saturated carbocycles. The van der Waals surface area contributed by atoms with Crippen LogP contribution in [0.15, 0.2) is 34.7 Å². The lowest BCUT2D eigenvalue weighted by Crippen LogP contribution is -2.45. The van der Waals surface area contributed by atoms with Gasteiger partial charge in [0.1, 0.15) is 17.3 Å². The minimum Gasteiger partial charge on any atom is -0.492 e. The molecule has 1 aromatic carbocycles. The molecule has 2 aromatic rings. The van der Waals surface area contributed by atoms with E-state index < -0.39 is 17.7 Å². The Hall–Kier alpha value is -3.29. The fourth-order valence-corrected chi connectivity index (χ4v) is 3.22. The van der Waals surface area contributed by atoms with Gasteiger partial charge in [-0.25, -0.2) is 0 Å². The van der Waals surface area contributed by atoms with Crippen molar-refractivity contribution in [3.63, 3.8) is 0 Å². The molecular formula is C20H23N3O5. The lowest BCUT2D eigenvalue weighted by Gasteiger charge is -2.20. The van der Waals surface area contributed by atoms with E-state index in [9.17, 15) is 14.4 Å². The lowest BCUT2D eigenvalue weighted by molar-refractivity contribution is -0.126. The van der Waals surface area contributed by atoms with Crippen LogP contribution in [-0.4, -0.2) is 30.9 Å². The van der Waals surface area contributed by atoms with Gasteiger partial charge in [-0.15, -0.1) is 0 Å². The third-order valence-corrected chi connectivity index (χ3v) is 4.54. The summed E-state index contributed by atoms with van der Waals surface area (Å²) in [7, 11) is 0. The van der Waals surface area contributed by atoms with Crippen LogP contribution in [0.2, 0.25) is 0 Å². The normalized spacial score (nSPS) is 16.2. The lowest BCUT2D eigenvalue weighted by atomic mass is 10.1. The van der Waals surface area contributed by atoms with E-state index in [-0.39, 0.29) is 18.9 Å². The van der Waals surface area contributed by atoms with E-state index in [1.165, 1.54) is 0 Å². The van der Waals surface area contributed by atoms with Crippen molar-refractivity contribution < 1.29 is 23.5 Å². The molecule has 3 rings (SSSR count). The topological polar surface area (TPSA) is 101 Å². The first-order valence-corrected chi connectivity index (χ1v) is 9.10. The maximum atomic E-state index is 12.4. The summed E-state index contributed by atoms with van der Waals surface area (Å²) in [6.07, 6.45) is 0.0615. The third-order valence-electron chi connectivity index (χ3n) is 4.54. The summed E-state index contributed by atoms with van der Waals surface area (Å²) in [5, 5.41) is 0. The zero-order valence-corrected chi connectivity index (χ0v) is 16.1. The predicted octanol–water partition coefficient (Wildman–Crippen LogP) is 2.11. The largest absolute Gasteiger partial charge is 0.492 e. The Morgan fingerprint density at radius 1 is 1.25 bits per heavy atom. The molecule has 2 N–H and O–H groups in total. The number of rotatable bonds is 5. The molecule has 148 valence electrons. The summed E-state index contributed by atoms with van der Waals surface area (Å²) in [5.41, 5.74) is 5.77. The van der Waals surface area contributed by atoms with Crippen LogP contribution in [-0.2, 0) is 9.59 Å². The molecule has 28 heavy (non-hydrogen) atoms. The fourth-order valence-electron chi connectivity index (χ4n) is 3.22. The van der Waals surface area contributed by atoms with E-state index >= 15 is 0 Å². The van der Waals surface area contributed by atoms with Crippen molar-refractivity contribution in [2.24, 2.45) is 5.92 Å². The Kier molecular flexibility index (Phi) is 5.67. The predicted molar refractivity (Wildman–Crippen MR) is 102 cm³/mol. The molecule has 1 aromatic heterocycles. The third kappa shape index (κ3) is 4.00. The quantitative estimate of drug-likeness (QED) is 0.768. The second-order valence-electron chi connectivity index (χ2n) is 6.58. The SMILES string of the molecule is CCOc1ccccc1N1C[C@@H](C(=O)NNC(=O)c2cc(C)oc2C)CC1=O. The number of aryl methyl sites for hydroxylation is 2. The molecule has 8 heteroatoms. The van der Waals surface area contributed by atoms with Gasteiger partial charge in [-0.1, -0.05) is 12.1 Å². The first kappa shape index (κ1) is 19.5. The molecule has 1 fully saturated rings. The van der Waals surface area contributed by atoms with Gasteiger partial charge in [-0.3, -0.25) is 25.2 Å². The Labute approximate surface area is 162 Å². The summed E-state index contributed by atoms with van der Waals surface area (Å²) in [6.45, 7) is 5.97. The van der Waals surface area contributed by atoms with E-state index in [2.05, 4.69) is 10.9 Å². The molecule has 0 bridgehead atoms. The Bertz CT molecular complexity index is 905. The minimum absolute atomic E-state index is 0.0615. The molecule has 1 aliphatic heterocycles. The highest BCUT2D eigenvalue weighted by atomic mass is 16.5. The Balaban J connectivity index is 1.63. The van der Waals surface area contributed by atoms with Gasteiger partial charge in [0.05, 0.1) is 23.8 Å². The van der Waals surface area contributed by atoms with E-state index in [0.29, 0.717) is 35.1 Å². The van der Waals surface area contributed by atoms with Gasteiger partial charge >= 0.3 is 0 Å². The number of carbonyl (C=O) groups excluding carboxylic acids is 3. The maximum absolute atomic E-state index is 12.4. The van der Waals surface area contributed by atoms with Crippen LogP contribution in [0.1, 0.15) is 35.2 Å². The number of nitrogens with zero attached hydrogens (tertiary/aromatic N) is 1. The van der Waals surface area contributed by atoms with Crippen molar-refractivity contribution in [1.29, 1.82) is 0 Å². The monoisotopic (exact) mass is 385 g/mol. The molecular weight excluding hydrogens is 362 g/mol. The Morgan fingerprint density at radius 2 is 2.00 bits per heavy atom. The van der Waals surface area contributed by atoms with E-state index in [1.54, 1.807) is 36.9 Å². The van der Waals surface area contributed by atoms with Gasteiger partial charge < -0.3 is 14.1 Å². The number of ether oxygens (including phenoxy) is 1. The van der Waals surface area contributed by atoms with Crippen LogP contribution in [0.3, 0.4) is 0 Å². The molecule has 1 atom stereocenters. The van der Waals surface area contributed by atoms with Crippen molar-refractivity contribution in [1.82, 2.24) is 10.9 Å². The maximum Gasteiger partial charge on any atom is 0.273 e. The van der Waals surface area contributed by atoms with Crippen LogP contribution < -0.4 is 20.5 Å². The fraction of sp³-hybridized carbons (Fsp3) is 0.350.